The number of nitrogens with one attached hydrogen (secondary N) is 4. The van der Waals surface area contributed by atoms with Crippen LogP contribution in [-0.2, 0) is 40.0 Å². The predicted molar refractivity (Wildman–Crippen MR) is 194 cm³/mol. The number of aryl methyl sites for hydroxylation is 2. The van der Waals surface area contributed by atoms with E-state index in [1.807, 2.05) is 45.0 Å². The van der Waals surface area contributed by atoms with E-state index in [9.17, 15) is 14.4 Å². The summed E-state index contributed by atoms with van der Waals surface area (Å²) < 4.78 is 10.5. The van der Waals surface area contributed by atoms with Crippen molar-refractivity contribution in [2.24, 2.45) is 0 Å². The van der Waals surface area contributed by atoms with Crippen LogP contribution in [0.4, 0.5) is 31.2 Å². The molecule has 0 aliphatic rings. The van der Waals surface area contributed by atoms with Gasteiger partial charge < -0.3 is 20.1 Å². The van der Waals surface area contributed by atoms with Crippen LogP contribution in [0.25, 0.3) is 0 Å². The maximum absolute atomic E-state index is 12.6. The smallest absolute Gasteiger partial charge is 0.412 e. The number of hydrogen-bond acceptors (Lipinski definition) is 12. The molecular formula is C34H44N8O5S2. The van der Waals surface area contributed by atoms with Crippen molar-refractivity contribution >= 4 is 62.4 Å². The van der Waals surface area contributed by atoms with Gasteiger partial charge >= 0.3 is 12.2 Å². The van der Waals surface area contributed by atoms with Gasteiger partial charge in [-0.25, -0.2) is 9.59 Å². The van der Waals surface area contributed by atoms with Crippen LogP contribution in [0, 0.1) is 0 Å². The molecule has 4 rings (SSSR count). The Bertz CT molecular complexity index is 1680. The summed E-state index contributed by atoms with van der Waals surface area (Å²) in [6.45, 7) is 11.6. The van der Waals surface area contributed by atoms with Gasteiger partial charge in [-0.15, -0.1) is 20.4 Å². The lowest BCUT2D eigenvalue weighted by atomic mass is 10.1. The fraction of sp³-hybridized carbons (Fsp3) is 0.441. The minimum absolute atomic E-state index is 0.169. The topological polar surface area (TPSA) is 169 Å². The molecule has 0 radical (unpaired) electrons. The maximum Gasteiger partial charge on any atom is 0.412 e. The number of aromatic nitrogens is 4. The molecule has 0 aliphatic heterocycles. The van der Waals surface area contributed by atoms with Crippen molar-refractivity contribution in [2.45, 2.75) is 91.3 Å². The van der Waals surface area contributed by atoms with Gasteiger partial charge in [0.2, 0.25) is 16.2 Å². The molecule has 262 valence electrons. The molecule has 49 heavy (non-hydrogen) atoms. The number of ether oxygens (including phenoxy) is 2. The Kier molecular flexibility index (Phi) is 13.0. The molecule has 0 aliphatic carbocycles. The molecule has 2 heterocycles. The summed E-state index contributed by atoms with van der Waals surface area (Å²) >= 11 is 2.93. The van der Waals surface area contributed by atoms with Crippen molar-refractivity contribution in [3.05, 3.63) is 69.7 Å². The highest BCUT2D eigenvalue weighted by Crippen LogP contribution is 2.21. The lowest BCUT2D eigenvalue weighted by Crippen LogP contribution is -2.27. The van der Waals surface area contributed by atoms with Gasteiger partial charge in [-0.3, -0.25) is 15.4 Å². The van der Waals surface area contributed by atoms with E-state index in [0.717, 1.165) is 58.4 Å². The lowest BCUT2D eigenvalue weighted by molar-refractivity contribution is -0.115. The Balaban J connectivity index is 1.09. The van der Waals surface area contributed by atoms with Crippen LogP contribution in [0.5, 0.6) is 0 Å². The third-order valence-electron chi connectivity index (χ3n) is 6.46. The van der Waals surface area contributed by atoms with Gasteiger partial charge in [-0.2, -0.15) is 0 Å². The van der Waals surface area contributed by atoms with Crippen LogP contribution in [0.1, 0.15) is 75.5 Å². The second-order valence-electron chi connectivity index (χ2n) is 13.3. The zero-order valence-corrected chi connectivity index (χ0v) is 30.3. The summed E-state index contributed by atoms with van der Waals surface area (Å²) in [4.78, 5) is 36.4. The molecule has 0 saturated carbocycles. The van der Waals surface area contributed by atoms with E-state index in [1.165, 1.54) is 11.3 Å². The Morgan fingerprint density at radius 1 is 0.612 bits per heavy atom. The number of rotatable bonds is 14. The molecule has 0 unspecified atom stereocenters. The number of anilines is 4. The average Bonchev–Trinajstić information content (AvgIpc) is 3.64. The standard InChI is InChI=1S/C34H44N8O5S2/c1-33(2,3)46-31(44)36-24-15-11-22(12-16-24)19-20-35-29-41-39-27(48-29)9-7-8-10-28-40-42-30(49-28)38-26(43)21-23-13-17-25(18-14-23)37-32(45)47-34(4,5)6/h11-18H,7-10,19-21H2,1-6H3,(H,35,41)(H,36,44)(H,37,45)(H,38,42,43). The van der Waals surface area contributed by atoms with Crippen LogP contribution < -0.4 is 21.3 Å². The molecule has 13 nitrogen and oxygen atoms in total. The van der Waals surface area contributed by atoms with E-state index >= 15 is 0 Å². The Hall–Kier alpha value is -4.63. The van der Waals surface area contributed by atoms with E-state index in [4.69, 9.17) is 9.47 Å². The molecule has 4 aromatic rings. The normalized spacial score (nSPS) is 11.5. The molecule has 0 atom stereocenters. The van der Waals surface area contributed by atoms with E-state index in [-0.39, 0.29) is 12.3 Å². The van der Waals surface area contributed by atoms with Crippen molar-refractivity contribution in [1.29, 1.82) is 0 Å². The highest BCUT2D eigenvalue weighted by molar-refractivity contribution is 7.15. The number of benzene rings is 2. The van der Waals surface area contributed by atoms with Crippen molar-refractivity contribution in [3.8, 4) is 0 Å². The quantitative estimate of drug-likeness (QED) is 0.0963. The predicted octanol–water partition coefficient (Wildman–Crippen LogP) is 7.48. The van der Waals surface area contributed by atoms with Crippen molar-refractivity contribution in [3.63, 3.8) is 0 Å². The van der Waals surface area contributed by atoms with E-state index in [2.05, 4.69) is 41.7 Å². The highest BCUT2D eigenvalue weighted by atomic mass is 32.1. The summed E-state index contributed by atoms with van der Waals surface area (Å²) in [7, 11) is 0. The van der Waals surface area contributed by atoms with Gasteiger partial charge in [-0.05, 0) is 96.2 Å². The molecule has 2 aromatic heterocycles. The third kappa shape index (κ3) is 14.2. The number of unbranched alkanes of at least 4 members (excludes halogenated alkanes) is 1. The van der Waals surface area contributed by atoms with Crippen molar-refractivity contribution in [1.82, 2.24) is 20.4 Å². The van der Waals surface area contributed by atoms with Gasteiger partial charge in [0, 0.05) is 30.8 Å². The minimum Gasteiger partial charge on any atom is -0.444 e. The number of hydrogen-bond donors (Lipinski definition) is 4. The van der Waals surface area contributed by atoms with Crippen LogP contribution >= 0.6 is 22.7 Å². The van der Waals surface area contributed by atoms with Crippen LogP contribution in [0.2, 0.25) is 0 Å². The number of carbonyl (C=O) groups is 3. The molecule has 0 fully saturated rings. The fourth-order valence-electron chi connectivity index (χ4n) is 4.35. The van der Waals surface area contributed by atoms with Gasteiger partial charge in [0.05, 0.1) is 6.42 Å². The lowest BCUT2D eigenvalue weighted by Gasteiger charge is -2.19. The van der Waals surface area contributed by atoms with Crippen LogP contribution in [0.15, 0.2) is 48.5 Å². The summed E-state index contributed by atoms with van der Waals surface area (Å²) in [6.07, 6.45) is 3.38. The molecule has 0 spiro atoms. The second-order valence-corrected chi connectivity index (χ2v) is 15.4. The highest BCUT2D eigenvalue weighted by Gasteiger charge is 2.17. The van der Waals surface area contributed by atoms with Gasteiger partial charge in [0.15, 0.2) is 0 Å². The zero-order valence-electron chi connectivity index (χ0n) is 28.7. The molecule has 3 amide bonds. The second kappa shape index (κ2) is 17.2. The molecule has 15 heteroatoms. The van der Waals surface area contributed by atoms with E-state index in [1.54, 1.807) is 56.4 Å². The molecule has 0 bridgehead atoms. The number of amides is 3. The van der Waals surface area contributed by atoms with Crippen LogP contribution in [-0.4, -0.2) is 56.2 Å². The molecule has 4 N–H and O–H groups in total. The van der Waals surface area contributed by atoms with Gasteiger partial charge in [0.1, 0.15) is 21.2 Å². The van der Waals surface area contributed by atoms with E-state index < -0.39 is 23.4 Å². The summed E-state index contributed by atoms with van der Waals surface area (Å²) in [5, 5.41) is 31.6. The van der Waals surface area contributed by atoms with Gasteiger partial charge in [0.25, 0.3) is 0 Å². The molecular weight excluding hydrogens is 665 g/mol. The number of nitrogens with zero attached hydrogens (tertiary/aromatic N) is 4. The Morgan fingerprint density at radius 3 is 1.59 bits per heavy atom. The maximum atomic E-state index is 12.6. The molecule has 0 saturated heterocycles. The first-order chi connectivity index (χ1) is 23.2. The SMILES string of the molecule is CC(C)(C)OC(=O)Nc1ccc(CCNc2nnc(CCCCc3nnc(NC(=O)Cc4ccc(NC(=O)OC(C)(C)C)cc4)s3)s2)cc1. The largest absolute Gasteiger partial charge is 0.444 e. The first kappa shape index (κ1) is 37.2. The molecule has 2 aromatic carbocycles. The Labute approximate surface area is 294 Å². The Morgan fingerprint density at radius 2 is 1.08 bits per heavy atom. The average molecular weight is 709 g/mol. The van der Waals surface area contributed by atoms with E-state index in [0.29, 0.717) is 23.1 Å². The van der Waals surface area contributed by atoms with Crippen molar-refractivity contribution < 1.29 is 23.9 Å². The summed E-state index contributed by atoms with van der Waals surface area (Å²) in [5.74, 6) is -0.193. The first-order valence-electron chi connectivity index (χ1n) is 16.1. The zero-order chi connectivity index (χ0) is 35.4. The summed E-state index contributed by atoms with van der Waals surface area (Å²) in [6, 6.07) is 14.7. The fourth-order valence-corrected chi connectivity index (χ4v) is 5.95. The third-order valence-corrected chi connectivity index (χ3v) is 8.30. The first-order valence-corrected chi connectivity index (χ1v) is 17.7. The van der Waals surface area contributed by atoms with Gasteiger partial charge in [-0.1, -0.05) is 46.9 Å². The monoisotopic (exact) mass is 708 g/mol. The van der Waals surface area contributed by atoms with Crippen molar-refractivity contribution in [2.75, 3.05) is 27.8 Å². The number of carbonyl (C=O) groups excluding carboxylic acids is 3. The minimum atomic E-state index is -0.584. The summed E-state index contributed by atoms with van der Waals surface area (Å²) in [5.41, 5.74) is 2.07. The van der Waals surface area contributed by atoms with Crippen LogP contribution in [0.3, 0.4) is 0 Å².